The summed E-state index contributed by atoms with van der Waals surface area (Å²) in [5.41, 5.74) is 8.49. The highest BCUT2D eigenvalue weighted by molar-refractivity contribution is 6.32. The molecule has 0 radical (unpaired) electrons. The van der Waals surface area contributed by atoms with Gasteiger partial charge in [0.05, 0.1) is 12.6 Å². The standard InChI is InChI=1S/C13H13ClN2O/c14-13-11(2-1-7-16-13)9-3-5-10(6-4-9)12(15)8-17/h1-7,12,17H,8,15H2. The predicted octanol–water partition coefficient (Wildman–Crippen LogP) is 2.39. The van der Waals surface area contributed by atoms with Crippen molar-refractivity contribution in [2.75, 3.05) is 6.61 Å². The van der Waals surface area contributed by atoms with Crippen LogP contribution in [0.25, 0.3) is 11.1 Å². The molecule has 0 saturated carbocycles. The van der Waals surface area contributed by atoms with Crippen LogP contribution in [0.4, 0.5) is 0 Å². The fourth-order valence-corrected chi connectivity index (χ4v) is 1.85. The van der Waals surface area contributed by atoms with Gasteiger partial charge in [0.25, 0.3) is 0 Å². The van der Waals surface area contributed by atoms with Crippen molar-refractivity contribution in [2.45, 2.75) is 6.04 Å². The smallest absolute Gasteiger partial charge is 0.136 e. The highest BCUT2D eigenvalue weighted by Gasteiger charge is 2.06. The molecule has 0 fully saturated rings. The van der Waals surface area contributed by atoms with Gasteiger partial charge in [-0.1, -0.05) is 35.9 Å². The van der Waals surface area contributed by atoms with Gasteiger partial charge in [-0.25, -0.2) is 4.98 Å². The molecule has 2 aromatic rings. The summed E-state index contributed by atoms with van der Waals surface area (Å²) in [6.07, 6.45) is 1.65. The molecule has 0 aliphatic rings. The third-order valence-electron chi connectivity index (χ3n) is 2.61. The van der Waals surface area contributed by atoms with Crippen molar-refractivity contribution >= 4 is 11.6 Å². The van der Waals surface area contributed by atoms with E-state index in [1.807, 2.05) is 36.4 Å². The van der Waals surface area contributed by atoms with Crippen LogP contribution in [0.2, 0.25) is 5.15 Å². The van der Waals surface area contributed by atoms with Gasteiger partial charge in [0.1, 0.15) is 5.15 Å². The predicted molar refractivity (Wildman–Crippen MR) is 68.7 cm³/mol. The number of nitrogens with two attached hydrogens (primary N) is 1. The summed E-state index contributed by atoms with van der Waals surface area (Å²) in [6.45, 7) is -0.0625. The van der Waals surface area contributed by atoms with E-state index in [-0.39, 0.29) is 12.6 Å². The topological polar surface area (TPSA) is 59.1 Å². The number of aromatic nitrogens is 1. The van der Waals surface area contributed by atoms with Crippen molar-refractivity contribution in [3.05, 3.63) is 53.3 Å². The Kier molecular flexibility index (Phi) is 3.74. The molecule has 1 aromatic heterocycles. The molecular formula is C13H13ClN2O. The minimum atomic E-state index is -0.339. The Morgan fingerprint density at radius 3 is 2.53 bits per heavy atom. The fourth-order valence-electron chi connectivity index (χ4n) is 1.62. The van der Waals surface area contributed by atoms with Crippen LogP contribution in [0.15, 0.2) is 42.6 Å². The Labute approximate surface area is 105 Å². The van der Waals surface area contributed by atoms with Gasteiger partial charge in [-0.15, -0.1) is 0 Å². The van der Waals surface area contributed by atoms with Crippen LogP contribution in [-0.2, 0) is 0 Å². The van der Waals surface area contributed by atoms with Crippen LogP contribution < -0.4 is 5.73 Å². The Morgan fingerprint density at radius 1 is 1.24 bits per heavy atom. The van der Waals surface area contributed by atoms with E-state index in [2.05, 4.69) is 4.98 Å². The van der Waals surface area contributed by atoms with E-state index in [9.17, 15) is 0 Å². The molecule has 0 saturated heterocycles. The first kappa shape index (κ1) is 12.0. The lowest BCUT2D eigenvalue weighted by Gasteiger charge is -2.09. The lowest BCUT2D eigenvalue weighted by atomic mass is 10.0. The van der Waals surface area contributed by atoms with Gasteiger partial charge in [0, 0.05) is 11.8 Å². The van der Waals surface area contributed by atoms with Gasteiger partial charge in [0.2, 0.25) is 0 Å². The van der Waals surface area contributed by atoms with Gasteiger partial charge in [-0.05, 0) is 23.3 Å². The quantitative estimate of drug-likeness (QED) is 0.820. The minimum absolute atomic E-state index is 0.0625. The maximum atomic E-state index is 8.96. The van der Waals surface area contributed by atoms with Crippen molar-refractivity contribution in [3.63, 3.8) is 0 Å². The lowest BCUT2D eigenvalue weighted by Crippen LogP contribution is -2.14. The number of rotatable bonds is 3. The van der Waals surface area contributed by atoms with Gasteiger partial charge in [0.15, 0.2) is 0 Å². The summed E-state index contributed by atoms with van der Waals surface area (Å²) in [5, 5.41) is 9.44. The SMILES string of the molecule is NC(CO)c1ccc(-c2cccnc2Cl)cc1. The van der Waals surface area contributed by atoms with E-state index < -0.39 is 0 Å². The lowest BCUT2D eigenvalue weighted by molar-refractivity contribution is 0.268. The summed E-state index contributed by atoms with van der Waals surface area (Å²) in [4.78, 5) is 4.03. The molecule has 3 N–H and O–H groups in total. The van der Waals surface area contributed by atoms with E-state index in [0.717, 1.165) is 16.7 Å². The van der Waals surface area contributed by atoms with E-state index in [1.54, 1.807) is 6.20 Å². The van der Waals surface area contributed by atoms with Crippen LogP contribution in [-0.4, -0.2) is 16.7 Å². The van der Waals surface area contributed by atoms with E-state index in [0.29, 0.717) is 5.15 Å². The monoisotopic (exact) mass is 248 g/mol. The molecule has 1 unspecified atom stereocenters. The number of nitrogens with zero attached hydrogens (tertiary/aromatic N) is 1. The maximum Gasteiger partial charge on any atom is 0.136 e. The third-order valence-corrected chi connectivity index (χ3v) is 2.91. The third kappa shape index (κ3) is 2.64. The molecule has 17 heavy (non-hydrogen) atoms. The van der Waals surface area contributed by atoms with Gasteiger partial charge in [-0.2, -0.15) is 0 Å². The Morgan fingerprint density at radius 2 is 1.94 bits per heavy atom. The van der Waals surface area contributed by atoms with Crippen LogP contribution in [0, 0.1) is 0 Å². The molecule has 2 rings (SSSR count). The molecule has 1 atom stereocenters. The largest absolute Gasteiger partial charge is 0.394 e. The van der Waals surface area contributed by atoms with E-state index in [4.69, 9.17) is 22.4 Å². The molecule has 88 valence electrons. The van der Waals surface area contributed by atoms with Crippen molar-refractivity contribution in [2.24, 2.45) is 5.73 Å². The number of halogens is 1. The molecular weight excluding hydrogens is 236 g/mol. The van der Waals surface area contributed by atoms with Gasteiger partial charge in [-0.3, -0.25) is 0 Å². The maximum absolute atomic E-state index is 8.96. The van der Waals surface area contributed by atoms with Crippen LogP contribution in [0.3, 0.4) is 0 Å². The molecule has 0 bridgehead atoms. The summed E-state index contributed by atoms with van der Waals surface area (Å²) < 4.78 is 0. The van der Waals surface area contributed by atoms with Crippen LogP contribution in [0.1, 0.15) is 11.6 Å². The zero-order valence-corrected chi connectivity index (χ0v) is 9.93. The molecule has 1 aromatic carbocycles. The molecule has 0 spiro atoms. The molecule has 0 amide bonds. The molecule has 0 aliphatic heterocycles. The Bertz CT molecular complexity index is 499. The molecule has 3 nitrogen and oxygen atoms in total. The van der Waals surface area contributed by atoms with Crippen molar-refractivity contribution in [1.82, 2.24) is 4.98 Å². The van der Waals surface area contributed by atoms with Crippen molar-refractivity contribution in [3.8, 4) is 11.1 Å². The average molecular weight is 249 g/mol. The zero-order chi connectivity index (χ0) is 12.3. The van der Waals surface area contributed by atoms with Crippen molar-refractivity contribution < 1.29 is 5.11 Å². The van der Waals surface area contributed by atoms with Gasteiger partial charge < -0.3 is 10.8 Å². The zero-order valence-electron chi connectivity index (χ0n) is 9.18. The number of benzene rings is 1. The second-order valence-electron chi connectivity index (χ2n) is 3.75. The average Bonchev–Trinajstić information content (AvgIpc) is 2.39. The number of aliphatic hydroxyl groups excluding tert-OH is 1. The molecule has 1 heterocycles. The first-order chi connectivity index (χ1) is 8.22. The fraction of sp³-hybridized carbons (Fsp3) is 0.154. The minimum Gasteiger partial charge on any atom is -0.394 e. The first-order valence-electron chi connectivity index (χ1n) is 5.29. The second kappa shape index (κ2) is 5.27. The molecule has 0 aliphatic carbocycles. The summed E-state index contributed by atoms with van der Waals surface area (Å²) >= 11 is 6.01. The number of pyridine rings is 1. The van der Waals surface area contributed by atoms with Gasteiger partial charge >= 0.3 is 0 Å². The second-order valence-corrected chi connectivity index (χ2v) is 4.11. The Balaban J connectivity index is 2.33. The summed E-state index contributed by atoms with van der Waals surface area (Å²) in [7, 11) is 0. The van der Waals surface area contributed by atoms with E-state index >= 15 is 0 Å². The summed E-state index contributed by atoms with van der Waals surface area (Å²) in [6, 6.07) is 11.0. The highest BCUT2D eigenvalue weighted by atomic mass is 35.5. The normalized spacial score (nSPS) is 12.4. The summed E-state index contributed by atoms with van der Waals surface area (Å²) in [5.74, 6) is 0. The first-order valence-corrected chi connectivity index (χ1v) is 5.67. The number of hydrogen-bond donors (Lipinski definition) is 2. The van der Waals surface area contributed by atoms with E-state index in [1.165, 1.54) is 0 Å². The van der Waals surface area contributed by atoms with Crippen LogP contribution >= 0.6 is 11.6 Å². The van der Waals surface area contributed by atoms with Crippen molar-refractivity contribution in [1.29, 1.82) is 0 Å². The highest BCUT2D eigenvalue weighted by Crippen LogP contribution is 2.26. The van der Waals surface area contributed by atoms with Crippen LogP contribution in [0.5, 0.6) is 0 Å². The number of aliphatic hydroxyl groups is 1. The molecule has 4 heteroatoms. The Hall–Kier alpha value is -1.42. The number of hydrogen-bond acceptors (Lipinski definition) is 3.